The lowest BCUT2D eigenvalue weighted by molar-refractivity contribution is 0.258. The van der Waals surface area contributed by atoms with Crippen molar-refractivity contribution in [2.24, 2.45) is 4.99 Å². The lowest BCUT2D eigenvalue weighted by Crippen LogP contribution is -2.41. The Morgan fingerprint density at radius 3 is 2.62 bits per heavy atom. The summed E-state index contributed by atoms with van der Waals surface area (Å²) in [5, 5.41) is 6.70. The van der Waals surface area contributed by atoms with Crippen LogP contribution in [0.5, 0.6) is 0 Å². The third kappa shape index (κ3) is 6.45. The van der Waals surface area contributed by atoms with Gasteiger partial charge in [-0.2, -0.15) is 0 Å². The molecule has 24 heavy (non-hydrogen) atoms. The first kappa shape index (κ1) is 21.0. The number of halogens is 1. The normalized spacial score (nSPS) is 12.8. The molecule has 0 aromatic carbocycles. The minimum Gasteiger partial charge on any atom is -0.468 e. The molecule has 2 N–H and O–H groups in total. The first-order chi connectivity index (χ1) is 11.1. The second-order valence-electron chi connectivity index (χ2n) is 5.58. The molecule has 0 aliphatic carbocycles. The van der Waals surface area contributed by atoms with Crippen molar-refractivity contribution in [3.8, 4) is 0 Å². The number of rotatable bonds is 7. The Balaban J connectivity index is 0.00000288. The quantitative estimate of drug-likeness (QED) is 0.375. The van der Waals surface area contributed by atoms with E-state index in [4.69, 9.17) is 4.42 Å². The number of hydrogen-bond acceptors (Lipinski definition) is 4. The zero-order valence-corrected chi connectivity index (χ0v) is 17.9. The molecule has 0 spiro atoms. The molecular formula is C17H27IN4OS. The fourth-order valence-electron chi connectivity index (χ4n) is 2.28. The maximum Gasteiger partial charge on any atom is 0.191 e. The molecule has 0 aliphatic heterocycles. The molecule has 0 bridgehead atoms. The monoisotopic (exact) mass is 462 g/mol. The van der Waals surface area contributed by atoms with Crippen LogP contribution in [0.25, 0.3) is 0 Å². The van der Waals surface area contributed by atoms with Gasteiger partial charge in [-0.15, -0.1) is 35.3 Å². The number of nitrogens with zero attached hydrogens (tertiary/aromatic N) is 2. The van der Waals surface area contributed by atoms with Crippen LogP contribution in [0.4, 0.5) is 0 Å². The topological polar surface area (TPSA) is 52.8 Å². The summed E-state index contributed by atoms with van der Waals surface area (Å²) in [6.07, 6.45) is 1.71. The van der Waals surface area contributed by atoms with E-state index in [1.165, 1.54) is 9.75 Å². The Kier molecular flexibility index (Phi) is 9.38. The zero-order valence-electron chi connectivity index (χ0n) is 14.7. The van der Waals surface area contributed by atoms with E-state index in [0.717, 1.165) is 24.8 Å². The smallest absolute Gasteiger partial charge is 0.191 e. The summed E-state index contributed by atoms with van der Waals surface area (Å²) in [5.41, 5.74) is 0. The van der Waals surface area contributed by atoms with Crippen molar-refractivity contribution in [2.75, 3.05) is 27.2 Å². The van der Waals surface area contributed by atoms with E-state index in [2.05, 4.69) is 46.5 Å². The highest BCUT2D eigenvalue weighted by Crippen LogP contribution is 2.18. The molecule has 0 saturated heterocycles. The van der Waals surface area contributed by atoms with E-state index in [1.54, 1.807) is 17.6 Å². The van der Waals surface area contributed by atoms with E-state index in [0.29, 0.717) is 6.54 Å². The molecule has 1 atom stereocenters. The molecule has 0 radical (unpaired) electrons. The number of nitrogens with one attached hydrogen (secondary N) is 2. The van der Waals surface area contributed by atoms with Crippen LogP contribution < -0.4 is 10.6 Å². The number of aliphatic imine (C=N–C) groups is 1. The average molecular weight is 462 g/mol. The lowest BCUT2D eigenvalue weighted by atomic mass is 10.2. The highest BCUT2D eigenvalue weighted by molar-refractivity contribution is 14.0. The van der Waals surface area contributed by atoms with Gasteiger partial charge in [-0.05, 0) is 52.2 Å². The Labute approximate surface area is 165 Å². The number of aryl methyl sites for hydroxylation is 1. The molecular weight excluding hydrogens is 435 g/mol. The number of furan rings is 1. The Bertz CT molecular complexity index is 610. The van der Waals surface area contributed by atoms with Crippen molar-refractivity contribution in [1.82, 2.24) is 15.5 Å². The fraction of sp³-hybridized carbons (Fsp3) is 0.471. The van der Waals surface area contributed by atoms with Crippen LogP contribution in [0, 0.1) is 6.92 Å². The first-order valence-corrected chi connectivity index (χ1v) is 8.69. The maximum absolute atomic E-state index is 5.54. The second-order valence-corrected chi connectivity index (χ2v) is 6.96. The predicted molar refractivity (Wildman–Crippen MR) is 112 cm³/mol. The minimum atomic E-state index is 0. The summed E-state index contributed by atoms with van der Waals surface area (Å²) in [5.74, 6) is 1.78. The third-order valence-corrected chi connectivity index (χ3v) is 4.48. The molecule has 2 heterocycles. The number of guanidine groups is 1. The summed E-state index contributed by atoms with van der Waals surface area (Å²) in [6, 6.07) is 8.36. The third-order valence-electron chi connectivity index (χ3n) is 3.49. The number of hydrogen-bond donors (Lipinski definition) is 2. The molecule has 2 aromatic heterocycles. The molecule has 1 unspecified atom stereocenters. The lowest BCUT2D eigenvalue weighted by Gasteiger charge is -2.23. The molecule has 2 aromatic rings. The molecule has 7 heteroatoms. The van der Waals surface area contributed by atoms with E-state index < -0.39 is 0 Å². The Hall–Kier alpha value is -1.06. The molecule has 0 aliphatic rings. The maximum atomic E-state index is 5.54. The fourth-order valence-corrected chi connectivity index (χ4v) is 3.10. The second kappa shape index (κ2) is 10.7. The van der Waals surface area contributed by atoms with Crippen LogP contribution in [0.1, 0.15) is 28.5 Å². The number of thiophene rings is 1. The first-order valence-electron chi connectivity index (χ1n) is 7.87. The minimum absolute atomic E-state index is 0. The zero-order chi connectivity index (χ0) is 16.7. The van der Waals surface area contributed by atoms with Crippen LogP contribution in [-0.4, -0.2) is 38.0 Å². The predicted octanol–water partition coefficient (Wildman–Crippen LogP) is 3.63. The standard InChI is InChI=1S/C17H26N4OS.HI/c1-5-18-17(19-11-14-9-8-13(2)23-14)20-12-15(21(3)4)16-7-6-10-22-16;/h6-10,15H,5,11-12H2,1-4H3,(H2,18,19,20);1H. The highest BCUT2D eigenvalue weighted by atomic mass is 127. The van der Waals surface area contributed by atoms with E-state index in [9.17, 15) is 0 Å². The van der Waals surface area contributed by atoms with Gasteiger partial charge in [0.1, 0.15) is 5.76 Å². The molecule has 0 amide bonds. The van der Waals surface area contributed by atoms with Crippen molar-refractivity contribution >= 4 is 41.3 Å². The van der Waals surface area contributed by atoms with E-state index in [1.807, 2.05) is 26.2 Å². The summed E-state index contributed by atoms with van der Waals surface area (Å²) >= 11 is 1.79. The van der Waals surface area contributed by atoms with Crippen molar-refractivity contribution in [1.29, 1.82) is 0 Å². The van der Waals surface area contributed by atoms with Gasteiger partial charge in [0, 0.05) is 22.8 Å². The highest BCUT2D eigenvalue weighted by Gasteiger charge is 2.17. The van der Waals surface area contributed by atoms with Crippen molar-refractivity contribution in [3.05, 3.63) is 46.0 Å². The van der Waals surface area contributed by atoms with E-state index in [-0.39, 0.29) is 30.0 Å². The summed E-state index contributed by atoms with van der Waals surface area (Å²) in [7, 11) is 4.10. The van der Waals surface area contributed by atoms with Crippen LogP contribution in [0.15, 0.2) is 39.9 Å². The SMILES string of the molecule is CCNC(=NCc1ccc(C)s1)NCC(c1ccco1)N(C)C.I. The summed E-state index contributed by atoms with van der Waals surface area (Å²) < 4.78 is 5.54. The van der Waals surface area contributed by atoms with Gasteiger partial charge in [0.05, 0.1) is 18.8 Å². The van der Waals surface area contributed by atoms with Crippen LogP contribution in [-0.2, 0) is 6.54 Å². The van der Waals surface area contributed by atoms with E-state index >= 15 is 0 Å². The van der Waals surface area contributed by atoms with Gasteiger partial charge in [-0.1, -0.05) is 0 Å². The van der Waals surface area contributed by atoms with Crippen LogP contribution in [0.3, 0.4) is 0 Å². The van der Waals surface area contributed by atoms with Crippen LogP contribution >= 0.6 is 35.3 Å². The van der Waals surface area contributed by atoms with Gasteiger partial charge in [0.25, 0.3) is 0 Å². The Morgan fingerprint density at radius 2 is 2.08 bits per heavy atom. The van der Waals surface area contributed by atoms with Gasteiger partial charge in [-0.3, -0.25) is 4.90 Å². The molecule has 0 saturated carbocycles. The summed E-state index contributed by atoms with van der Waals surface area (Å²) in [6.45, 7) is 6.45. The number of likely N-dealkylation sites (N-methyl/N-ethyl adjacent to an activating group) is 1. The molecule has 5 nitrogen and oxygen atoms in total. The van der Waals surface area contributed by atoms with Crippen LogP contribution in [0.2, 0.25) is 0 Å². The van der Waals surface area contributed by atoms with Gasteiger partial charge in [0.15, 0.2) is 5.96 Å². The van der Waals surface area contributed by atoms with Crippen molar-refractivity contribution in [2.45, 2.75) is 26.4 Å². The van der Waals surface area contributed by atoms with Gasteiger partial charge >= 0.3 is 0 Å². The van der Waals surface area contributed by atoms with Gasteiger partial charge < -0.3 is 15.1 Å². The molecule has 2 rings (SSSR count). The molecule has 134 valence electrons. The Morgan fingerprint density at radius 1 is 1.29 bits per heavy atom. The van der Waals surface area contributed by atoms with Gasteiger partial charge in [-0.25, -0.2) is 4.99 Å². The van der Waals surface area contributed by atoms with Crippen molar-refractivity contribution < 1.29 is 4.42 Å². The van der Waals surface area contributed by atoms with Gasteiger partial charge in [0.2, 0.25) is 0 Å². The average Bonchev–Trinajstić information content (AvgIpc) is 3.16. The van der Waals surface area contributed by atoms with Crippen molar-refractivity contribution in [3.63, 3.8) is 0 Å². The summed E-state index contributed by atoms with van der Waals surface area (Å²) in [4.78, 5) is 9.39. The largest absolute Gasteiger partial charge is 0.468 e. The molecule has 0 fully saturated rings.